The quantitative estimate of drug-likeness (QED) is 0.345. The summed E-state index contributed by atoms with van der Waals surface area (Å²) in [6.07, 6.45) is 1.28. The smallest absolute Gasteiger partial charge is 0.255 e. The van der Waals surface area contributed by atoms with Gasteiger partial charge in [0.2, 0.25) is 5.12 Å². The van der Waals surface area contributed by atoms with Crippen molar-refractivity contribution in [2.75, 3.05) is 6.61 Å². The summed E-state index contributed by atoms with van der Waals surface area (Å²) in [7, 11) is 0. The Morgan fingerprint density at radius 1 is 1.20 bits per heavy atom. The van der Waals surface area contributed by atoms with Gasteiger partial charge in [-0.15, -0.1) is 12.6 Å². The fraction of sp³-hybridized carbons (Fsp3) is 0.158. The van der Waals surface area contributed by atoms with E-state index in [9.17, 15) is 9.59 Å². The minimum atomic E-state index is -0.365. The van der Waals surface area contributed by atoms with Crippen molar-refractivity contribution in [3.63, 3.8) is 0 Å². The predicted octanol–water partition coefficient (Wildman–Crippen LogP) is 4.21. The normalized spacial score (nSPS) is 11.1. The lowest BCUT2D eigenvalue weighted by Crippen LogP contribution is -2.26. The molecule has 0 aromatic heterocycles. The van der Waals surface area contributed by atoms with Gasteiger partial charge in [0, 0.05) is 15.4 Å². The molecule has 0 unspecified atom stereocenters. The second-order valence-electron chi connectivity index (χ2n) is 5.17. The highest BCUT2D eigenvalue weighted by Crippen LogP contribution is 2.28. The molecule has 0 aliphatic heterocycles. The topological polar surface area (TPSA) is 55.4 Å². The first-order valence-electron chi connectivity index (χ1n) is 7.71. The lowest BCUT2D eigenvalue weighted by molar-refractivity contribution is -0.108. The van der Waals surface area contributed by atoms with Gasteiger partial charge in [-0.3, -0.25) is 9.59 Å². The van der Waals surface area contributed by atoms with Crippen molar-refractivity contribution in [2.45, 2.75) is 23.6 Å². The van der Waals surface area contributed by atoms with Crippen molar-refractivity contribution in [1.82, 2.24) is 5.32 Å². The Morgan fingerprint density at radius 3 is 2.56 bits per heavy atom. The van der Waals surface area contributed by atoms with Crippen LogP contribution in [0.15, 0.2) is 70.3 Å². The predicted molar refractivity (Wildman–Crippen MR) is 103 cm³/mol. The molecule has 0 spiro atoms. The number of benzene rings is 2. The van der Waals surface area contributed by atoms with Crippen molar-refractivity contribution in [1.29, 1.82) is 0 Å². The molecule has 1 N–H and O–H groups in total. The Bertz CT molecular complexity index is 789. The number of carbonyl (C=O) groups is 2. The van der Waals surface area contributed by atoms with Crippen LogP contribution in [0.2, 0.25) is 0 Å². The van der Waals surface area contributed by atoms with Gasteiger partial charge in [0.1, 0.15) is 12.0 Å². The zero-order chi connectivity index (χ0) is 18.2. The number of thioether (sulfide) groups is 1. The monoisotopic (exact) mass is 373 g/mol. The molecule has 2 rings (SSSR count). The van der Waals surface area contributed by atoms with E-state index in [2.05, 4.69) is 17.9 Å². The van der Waals surface area contributed by atoms with E-state index in [0.29, 0.717) is 17.1 Å². The van der Waals surface area contributed by atoms with Gasteiger partial charge in [-0.25, -0.2) is 0 Å². The summed E-state index contributed by atoms with van der Waals surface area (Å²) in [6.45, 7) is 4.15. The highest BCUT2D eigenvalue weighted by Gasteiger charge is 2.17. The van der Waals surface area contributed by atoms with E-state index in [1.54, 1.807) is 31.2 Å². The Kier molecular flexibility index (Phi) is 7.16. The first kappa shape index (κ1) is 19.1. The summed E-state index contributed by atoms with van der Waals surface area (Å²) < 4.78 is 5.21. The number of aryl methyl sites for hydroxylation is 1. The Morgan fingerprint density at radius 2 is 1.92 bits per heavy atom. The summed E-state index contributed by atoms with van der Waals surface area (Å²) in [5.41, 5.74) is 1.62. The molecule has 4 nitrogen and oxygen atoms in total. The third-order valence-electron chi connectivity index (χ3n) is 3.19. The van der Waals surface area contributed by atoms with Crippen LogP contribution in [-0.4, -0.2) is 17.6 Å². The van der Waals surface area contributed by atoms with Gasteiger partial charge in [-0.2, -0.15) is 0 Å². The largest absolute Gasteiger partial charge is 0.499 e. The maximum Gasteiger partial charge on any atom is 0.255 e. The maximum atomic E-state index is 12.6. The van der Waals surface area contributed by atoms with E-state index in [1.807, 2.05) is 31.2 Å². The molecular weight excluding hydrogens is 354 g/mol. The fourth-order valence-electron chi connectivity index (χ4n) is 1.95. The summed E-state index contributed by atoms with van der Waals surface area (Å²) in [5, 5.41) is 2.30. The number of ether oxygens (including phenoxy) is 1. The number of rotatable bonds is 6. The molecule has 0 atom stereocenters. The third-order valence-corrected chi connectivity index (χ3v) is 4.69. The number of nitrogens with one attached hydrogen (secondary N) is 1. The second kappa shape index (κ2) is 9.34. The number of thiol groups is 1. The van der Waals surface area contributed by atoms with Gasteiger partial charge < -0.3 is 10.1 Å². The van der Waals surface area contributed by atoms with Crippen molar-refractivity contribution < 1.29 is 14.3 Å². The minimum Gasteiger partial charge on any atom is -0.499 e. The molecule has 0 aliphatic carbocycles. The van der Waals surface area contributed by atoms with Crippen LogP contribution in [0.25, 0.3) is 0 Å². The lowest BCUT2D eigenvalue weighted by atomic mass is 10.2. The van der Waals surface area contributed by atoms with E-state index < -0.39 is 0 Å². The lowest BCUT2D eigenvalue weighted by Gasteiger charge is -2.10. The first-order chi connectivity index (χ1) is 12.0. The highest BCUT2D eigenvalue weighted by atomic mass is 32.2. The maximum absolute atomic E-state index is 12.6. The minimum absolute atomic E-state index is 0.0917. The number of carbonyl (C=O) groups excluding carboxylic acids is 2. The van der Waals surface area contributed by atoms with Gasteiger partial charge in [0.05, 0.1) is 6.61 Å². The molecule has 0 aliphatic rings. The summed E-state index contributed by atoms with van der Waals surface area (Å²) >= 11 is 5.39. The number of amides is 1. The average molecular weight is 373 g/mol. The third kappa shape index (κ3) is 5.69. The van der Waals surface area contributed by atoms with Crippen LogP contribution < -0.4 is 5.32 Å². The van der Waals surface area contributed by atoms with Crippen LogP contribution >= 0.6 is 24.4 Å². The van der Waals surface area contributed by atoms with Crippen molar-refractivity contribution in [3.8, 4) is 0 Å². The molecule has 0 radical (unpaired) electrons. The van der Waals surface area contributed by atoms with Gasteiger partial charge >= 0.3 is 0 Å². The standard InChI is InChI=1S/C19H19NO3S2/c1-3-23-12-15(20-18(21)14-7-5-4-6-8-14)19(22)25-17-10-9-13(2)11-16(17)24/h4-12,24H,3H2,1-2H3,(H,20,21)/b15-12+. The van der Waals surface area contributed by atoms with E-state index >= 15 is 0 Å². The molecule has 0 saturated carbocycles. The Hall–Kier alpha value is -2.18. The molecule has 130 valence electrons. The SMILES string of the molecule is CCO/C=C(/NC(=O)c1ccccc1)C(=O)Sc1ccc(C)cc1S. The highest BCUT2D eigenvalue weighted by molar-refractivity contribution is 8.14. The van der Waals surface area contributed by atoms with Gasteiger partial charge in [-0.05, 0) is 55.4 Å². The number of hydrogen-bond donors (Lipinski definition) is 2. The van der Waals surface area contributed by atoms with Gasteiger partial charge in [0.15, 0.2) is 0 Å². The number of hydrogen-bond acceptors (Lipinski definition) is 5. The molecule has 25 heavy (non-hydrogen) atoms. The molecule has 1 amide bonds. The molecule has 0 fully saturated rings. The Balaban J connectivity index is 2.16. The zero-order valence-corrected chi connectivity index (χ0v) is 15.7. The summed E-state index contributed by atoms with van der Waals surface area (Å²) in [4.78, 5) is 26.3. The average Bonchev–Trinajstić information content (AvgIpc) is 2.61. The summed E-state index contributed by atoms with van der Waals surface area (Å²) in [6, 6.07) is 14.3. The molecule has 6 heteroatoms. The van der Waals surface area contributed by atoms with Gasteiger partial charge in [-0.1, -0.05) is 24.3 Å². The molecule has 0 saturated heterocycles. The first-order valence-corrected chi connectivity index (χ1v) is 8.97. The van der Waals surface area contributed by atoms with E-state index in [0.717, 1.165) is 22.2 Å². The van der Waals surface area contributed by atoms with E-state index in [4.69, 9.17) is 4.74 Å². The second-order valence-corrected chi connectivity index (χ2v) is 6.66. The molecule has 0 heterocycles. The Labute approximate surface area is 157 Å². The van der Waals surface area contributed by atoms with Gasteiger partial charge in [0.25, 0.3) is 5.91 Å². The van der Waals surface area contributed by atoms with Crippen molar-refractivity contribution in [2.24, 2.45) is 0 Å². The van der Waals surface area contributed by atoms with Crippen LogP contribution in [0.1, 0.15) is 22.8 Å². The van der Waals surface area contributed by atoms with Crippen LogP contribution in [0, 0.1) is 6.92 Å². The van der Waals surface area contributed by atoms with Crippen LogP contribution in [0.5, 0.6) is 0 Å². The summed E-state index contributed by atoms with van der Waals surface area (Å²) in [5.74, 6) is -0.365. The molecule has 2 aromatic rings. The van der Waals surface area contributed by atoms with Crippen LogP contribution in [0.4, 0.5) is 0 Å². The van der Waals surface area contributed by atoms with Crippen LogP contribution in [0.3, 0.4) is 0 Å². The van der Waals surface area contributed by atoms with E-state index in [1.165, 1.54) is 6.26 Å². The fourth-order valence-corrected chi connectivity index (χ4v) is 3.07. The van der Waals surface area contributed by atoms with Crippen molar-refractivity contribution >= 4 is 35.4 Å². The molecule has 2 aromatic carbocycles. The molecular formula is C19H19NO3S2. The molecule has 0 bridgehead atoms. The van der Waals surface area contributed by atoms with E-state index in [-0.39, 0.29) is 16.7 Å². The van der Waals surface area contributed by atoms with Crippen LogP contribution in [-0.2, 0) is 9.53 Å². The van der Waals surface area contributed by atoms with Crippen molar-refractivity contribution in [3.05, 3.63) is 71.6 Å². The zero-order valence-electron chi connectivity index (χ0n) is 14.0.